The molecule has 128 valence electrons. The van der Waals surface area contributed by atoms with E-state index in [4.69, 9.17) is 9.47 Å². The van der Waals surface area contributed by atoms with Crippen molar-refractivity contribution in [2.45, 2.75) is 6.54 Å². The smallest absolute Gasteiger partial charge is 0.291 e. The summed E-state index contributed by atoms with van der Waals surface area (Å²) in [5.74, 6) is 1.08. The van der Waals surface area contributed by atoms with Gasteiger partial charge in [-0.1, -0.05) is 18.2 Å². The van der Waals surface area contributed by atoms with E-state index in [1.807, 2.05) is 42.5 Å². The standard InChI is InChI=1S/C18H18N4O3/c1-24-15-9-8-13(16(10-15)25-2)11-19-18(23)17-20-12-22(21-17)14-6-4-3-5-7-14/h3-10,12H,11H2,1-2H3,(H,19,23). The molecular formula is C18H18N4O3. The lowest BCUT2D eigenvalue weighted by atomic mass is 10.2. The van der Waals surface area contributed by atoms with Crippen LogP contribution in [0.25, 0.3) is 5.69 Å². The van der Waals surface area contributed by atoms with Crippen molar-refractivity contribution < 1.29 is 14.3 Å². The number of hydrogen-bond acceptors (Lipinski definition) is 5. The number of nitrogens with zero attached hydrogens (tertiary/aromatic N) is 3. The molecule has 7 heteroatoms. The van der Waals surface area contributed by atoms with Crippen molar-refractivity contribution in [3.63, 3.8) is 0 Å². The summed E-state index contributed by atoms with van der Waals surface area (Å²) in [6, 6.07) is 14.9. The summed E-state index contributed by atoms with van der Waals surface area (Å²) in [4.78, 5) is 16.3. The van der Waals surface area contributed by atoms with Gasteiger partial charge < -0.3 is 14.8 Å². The van der Waals surface area contributed by atoms with E-state index in [9.17, 15) is 4.79 Å². The number of ether oxygens (including phenoxy) is 2. The maximum Gasteiger partial charge on any atom is 0.291 e. The van der Waals surface area contributed by atoms with Gasteiger partial charge in [0.25, 0.3) is 5.91 Å². The normalized spacial score (nSPS) is 10.3. The van der Waals surface area contributed by atoms with Crippen LogP contribution >= 0.6 is 0 Å². The maximum atomic E-state index is 12.3. The molecule has 0 unspecified atom stereocenters. The van der Waals surface area contributed by atoms with Crippen molar-refractivity contribution in [2.24, 2.45) is 0 Å². The van der Waals surface area contributed by atoms with Gasteiger partial charge in [0.1, 0.15) is 17.8 Å². The fraction of sp³-hybridized carbons (Fsp3) is 0.167. The van der Waals surface area contributed by atoms with Crippen molar-refractivity contribution in [1.82, 2.24) is 20.1 Å². The van der Waals surface area contributed by atoms with E-state index in [1.54, 1.807) is 25.0 Å². The highest BCUT2D eigenvalue weighted by Gasteiger charge is 2.13. The van der Waals surface area contributed by atoms with Crippen LogP contribution in [0.4, 0.5) is 0 Å². The van der Waals surface area contributed by atoms with E-state index < -0.39 is 0 Å². The summed E-state index contributed by atoms with van der Waals surface area (Å²) in [6.07, 6.45) is 1.51. The monoisotopic (exact) mass is 338 g/mol. The lowest BCUT2D eigenvalue weighted by Crippen LogP contribution is -2.24. The van der Waals surface area contributed by atoms with Gasteiger partial charge in [-0.15, -0.1) is 5.10 Å². The Kier molecular flexibility index (Phi) is 4.94. The second-order valence-electron chi connectivity index (χ2n) is 5.21. The Bertz CT molecular complexity index is 862. The summed E-state index contributed by atoms with van der Waals surface area (Å²) in [5.41, 5.74) is 1.67. The zero-order chi connectivity index (χ0) is 17.6. The van der Waals surface area contributed by atoms with E-state index in [-0.39, 0.29) is 11.7 Å². The molecule has 0 aliphatic heterocycles. The zero-order valence-electron chi connectivity index (χ0n) is 14.0. The van der Waals surface area contributed by atoms with Crippen LogP contribution in [0.15, 0.2) is 54.9 Å². The molecule has 2 aromatic carbocycles. The first-order valence-corrected chi connectivity index (χ1v) is 7.67. The Morgan fingerprint density at radius 1 is 1.12 bits per heavy atom. The third-order valence-electron chi connectivity index (χ3n) is 3.65. The van der Waals surface area contributed by atoms with Gasteiger partial charge in [-0.05, 0) is 24.3 Å². The van der Waals surface area contributed by atoms with E-state index in [2.05, 4.69) is 15.4 Å². The molecule has 1 N–H and O–H groups in total. The van der Waals surface area contributed by atoms with Gasteiger partial charge >= 0.3 is 0 Å². The van der Waals surface area contributed by atoms with Crippen LogP contribution in [-0.2, 0) is 6.54 Å². The van der Waals surface area contributed by atoms with Crippen LogP contribution in [0.1, 0.15) is 16.2 Å². The molecule has 0 aliphatic rings. The zero-order valence-corrected chi connectivity index (χ0v) is 14.0. The Balaban J connectivity index is 1.68. The van der Waals surface area contributed by atoms with Crippen molar-refractivity contribution in [3.8, 4) is 17.2 Å². The van der Waals surface area contributed by atoms with Crippen LogP contribution in [0.2, 0.25) is 0 Å². The third kappa shape index (κ3) is 3.77. The summed E-state index contributed by atoms with van der Waals surface area (Å²) >= 11 is 0. The lowest BCUT2D eigenvalue weighted by Gasteiger charge is -2.10. The quantitative estimate of drug-likeness (QED) is 0.745. The number of amides is 1. The summed E-state index contributed by atoms with van der Waals surface area (Å²) in [5, 5.41) is 7.00. The predicted octanol–water partition coefficient (Wildman–Crippen LogP) is 2.21. The number of rotatable bonds is 6. The second kappa shape index (κ2) is 7.48. The molecule has 1 aromatic heterocycles. The number of carbonyl (C=O) groups is 1. The minimum atomic E-state index is -0.354. The molecule has 3 aromatic rings. The molecule has 0 radical (unpaired) electrons. The number of aromatic nitrogens is 3. The molecule has 0 aliphatic carbocycles. The minimum Gasteiger partial charge on any atom is -0.497 e. The van der Waals surface area contributed by atoms with Crippen molar-refractivity contribution in [1.29, 1.82) is 0 Å². The predicted molar refractivity (Wildman–Crippen MR) is 92.1 cm³/mol. The van der Waals surface area contributed by atoms with Gasteiger partial charge in [-0.2, -0.15) is 0 Å². The third-order valence-corrected chi connectivity index (χ3v) is 3.65. The molecule has 0 bridgehead atoms. The molecule has 3 rings (SSSR count). The van der Waals surface area contributed by atoms with Crippen LogP contribution in [0.5, 0.6) is 11.5 Å². The Morgan fingerprint density at radius 3 is 2.64 bits per heavy atom. The molecule has 0 fully saturated rings. The first-order valence-electron chi connectivity index (χ1n) is 7.67. The minimum absolute atomic E-state index is 0.108. The number of hydrogen-bond donors (Lipinski definition) is 1. The highest BCUT2D eigenvalue weighted by atomic mass is 16.5. The largest absolute Gasteiger partial charge is 0.497 e. The maximum absolute atomic E-state index is 12.3. The SMILES string of the molecule is COc1ccc(CNC(=O)c2ncn(-c3ccccc3)n2)c(OC)c1. The van der Waals surface area contributed by atoms with E-state index in [0.29, 0.717) is 18.0 Å². The summed E-state index contributed by atoms with van der Waals surface area (Å²) in [6.45, 7) is 0.297. The van der Waals surface area contributed by atoms with Crippen molar-refractivity contribution >= 4 is 5.91 Å². The molecule has 1 heterocycles. The molecule has 7 nitrogen and oxygen atoms in total. The highest BCUT2D eigenvalue weighted by Crippen LogP contribution is 2.24. The first kappa shape index (κ1) is 16.5. The van der Waals surface area contributed by atoms with Crippen LogP contribution in [-0.4, -0.2) is 34.9 Å². The number of carbonyl (C=O) groups excluding carboxylic acids is 1. The molecular weight excluding hydrogens is 320 g/mol. The molecule has 0 saturated heterocycles. The lowest BCUT2D eigenvalue weighted by molar-refractivity contribution is 0.0940. The van der Waals surface area contributed by atoms with E-state index in [0.717, 1.165) is 11.3 Å². The van der Waals surface area contributed by atoms with E-state index >= 15 is 0 Å². The Labute approximate surface area is 145 Å². The number of para-hydroxylation sites is 1. The van der Waals surface area contributed by atoms with Crippen LogP contribution in [0, 0.1) is 0 Å². The van der Waals surface area contributed by atoms with Gasteiger partial charge in [0, 0.05) is 18.2 Å². The average Bonchev–Trinajstić information content (AvgIpc) is 3.17. The molecule has 25 heavy (non-hydrogen) atoms. The fourth-order valence-electron chi connectivity index (χ4n) is 2.32. The Hall–Kier alpha value is -3.35. The summed E-state index contributed by atoms with van der Waals surface area (Å²) in [7, 11) is 3.16. The molecule has 0 saturated carbocycles. The van der Waals surface area contributed by atoms with Crippen LogP contribution < -0.4 is 14.8 Å². The van der Waals surface area contributed by atoms with Crippen LogP contribution in [0.3, 0.4) is 0 Å². The average molecular weight is 338 g/mol. The van der Waals surface area contributed by atoms with Gasteiger partial charge in [-0.25, -0.2) is 9.67 Å². The topological polar surface area (TPSA) is 78.3 Å². The fourth-order valence-corrected chi connectivity index (χ4v) is 2.32. The first-order chi connectivity index (χ1) is 12.2. The Morgan fingerprint density at radius 2 is 1.92 bits per heavy atom. The van der Waals surface area contributed by atoms with Gasteiger partial charge in [0.15, 0.2) is 0 Å². The van der Waals surface area contributed by atoms with Crippen molar-refractivity contribution in [3.05, 3.63) is 66.2 Å². The molecule has 1 amide bonds. The highest BCUT2D eigenvalue weighted by molar-refractivity contribution is 5.90. The number of methoxy groups -OCH3 is 2. The second-order valence-corrected chi connectivity index (χ2v) is 5.21. The number of nitrogens with one attached hydrogen (secondary N) is 1. The van der Waals surface area contributed by atoms with Gasteiger partial charge in [0.05, 0.1) is 19.9 Å². The van der Waals surface area contributed by atoms with E-state index in [1.165, 1.54) is 6.33 Å². The summed E-state index contributed by atoms with van der Waals surface area (Å²) < 4.78 is 12.0. The molecule has 0 spiro atoms. The van der Waals surface area contributed by atoms with Gasteiger partial charge in [0.2, 0.25) is 5.82 Å². The molecule has 0 atom stereocenters. The number of benzene rings is 2. The van der Waals surface area contributed by atoms with Crippen molar-refractivity contribution in [2.75, 3.05) is 14.2 Å². The van der Waals surface area contributed by atoms with Gasteiger partial charge in [-0.3, -0.25) is 4.79 Å².